The van der Waals surface area contributed by atoms with Gasteiger partial charge in [-0.15, -0.1) is 0 Å². The smallest absolute Gasteiger partial charge is 0.227 e. The van der Waals surface area contributed by atoms with Crippen molar-refractivity contribution >= 4 is 11.8 Å². The molecule has 0 aromatic carbocycles. The van der Waals surface area contributed by atoms with Gasteiger partial charge in [0.2, 0.25) is 11.8 Å². The summed E-state index contributed by atoms with van der Waals surface area (Å²) in [6.45, 7) is 8.85. The van der Waals surface area contributed by atoms with E-state index in [1.165, 1.54) is 0 Å². The first-order valence-corrected chi connectivity index (χ1v) is 8.23. The van der Waals surface area contributed by atoms with Gasteiger partial charge in [-0.25, -0.2) is 0 Å². The Hall–Kier alpha value is -1.10. The minimum atomic E-state index is -0.476. The zero-order valence-electron chi connectivity index (χ0n) is 14.1. The minimum absolute atomic E-state index is 0.00922. The molecule has 0 aliphatic carbocycles. The van der Waals surface area contributed by atoms with E-state index >= 15 is 0 Å². The fraction of sp³-hybridized carbons (Fsp3) is 0.875. The average molecular weight is 299 g/mol. The van der Waals surface area contributed by atoms with Crippen LogP contribution in [0, 0.1) is 5.41 Å². The molecule has 0 spiro atoms. The van der Waals surface area contributed by atoms with Crippen LogP contribution in [0.25, 0.3) is 0 Å². The van der Waals surface area contributed by atoms with Crippen molar-refractivity contribution in [1.29, 1.82) is 0 Å². The molecular formula is C16H33N3O2. The molecule has 2 amide bonds. The zero-order valence-corrected chi connectivity index (χ0v) is 14.1. The molecule has 0 bridgehead atoms. The van der Waals surface area contributed by atoms with E-state index in [1.807, 2.05) is 13.8 Å². The minimum Gasteiger partial charge on any atom is -0.355 e. The van der Waals surface area contributed by atoms with Crippen molar-refractivity contribution < 1.29 is 9.59 Å². The molecule has 0 aromatic heterocycles. The van der Waals surface area contributed by atoms with Gasteiger partial charge >= 0.3 is 0 Å². The van der Waals surface area contributed by atoms with Gasteiger partial charge in [0.1, 0.15) is 0 Å². The van der Waals surface area contributed by atoms with Crippen LogP contribution < -0.4 is 16.4 Å². The average Bonchev–Trinajstić information content (AvgIpc) is 2.46. The van der Waals surface area contributed by atoms with Gasteiger partial charge in [0, 0.05) is 25.6 Å². The highest BCUT2D eigenvalue weighted by molar-refractivity contribution is 5.83. The van der Waals surface area contributed by atoms with Crippen LogP contribution in [0.3, 0.4) is 0 Å². The maximum atomic E-state index is 12.4. The van der Waals surface area contributed by atoms with Crippen molar-refractivity contribution in [1.82, 2.24) is 10.6 Å². The number of carbonyl (C=O) groups excluding carboxylic acids is 2. The molecular weight excluding hydrogens is 266 g/mol. The van der Waals surface area contributed by atoms with Crippen molar-refractivity contribution in [3.63, 3.8) is 0 Å². The first-order valence-electron chi connectivity index (χ1n) is 8.23. The third-order valence-electron chi connectivity index (χ3n) is 3.99. The Morgan fingerprint density at radius 3 is 2.14 bits per heavy atom. The van der Waals surface area contributed by atoms with E-state index in [4.69, 9.17) is 5.73 Å². The molecule has 21 heavy (non-hydrogen) atoms. The van der Waals surface area contributed by atoms with Crippen LogP contribution in [0.4, 0.5) is 0 Å². The molecule has 0 saturated heterocycles. The first kappa shape index (κ1) is 19.9. The van der Waals surface area contributed by atoms with Crippen LogP contribution in [-0.4, -0.2) is 30.9 Å². The Balaban J connectivity index is 4.34. The molecule has 0 saturated carbocycles. The summed E-state index contributed by atoms with van der Waals surface area (Å²) in [7, 11) is 0. The van der Waals surface area contributed by atoms with E-state index in [0.29, 0.717) is 19.5 Å². The molecule has 0 heterocycles. The van der Waals surface area contributed by atoms with Gasteiger partial charge in [-0.2, -0.15) is 0 Å². The third kappa shape index (κ3) is 6.93. The number of rotatable bonds is 11. The largest absolute Gasteiger partial charge is 0.355 e. The van der Waals surface area contributed by atoms with Crippen LogP contribution in [0.5, 0.6) is 0 Å². The van der Waals surface area contributed by atoms with Gasteiger partial charge in [0.15, 0.2) is 0 Å². The predicted molar refractivity (Wildman–Crippen MR) is 86.8 cm³/mol. The number of amides is 2. The van der Waals surface area contributed by atoms with Crippen LogP contribution in [0.1, 0.15) is 66.2 Å². The second-order valence-electron chi connectivity index (χ2n) is 5.87. The molecule has 4 N–H and O–H groups in total. The molecule has 0 fully saturated rings. The van der Waals surface area contributed by atoms with Crippen LogP contribution in [0.15, 0.2) is 0 Å². The molecule has 1 unspecified atom stereocenters. The van der Waals surface area contributed by atoms with E-state index in [0.717, 1.165) is 32.1 Å². The first-order chi connectivity index (χ1) is 9.95. The fourth-order valence-electron chi connectivity index (χ4n) is 2.53. The van der Waals surface area contributed by atoms with Gasteiger partial charge in [0.25, 0.3) is 0 Å². The highest BCUT2D eigenvalue weighted by Gasteiger charge is 2.34. The summed E-state index contributed by atoms with van der Waals surface area (Å²) in [6.07, 6.45) is 4.67. The van der Waals surface area contributed by atoms with Gasteiger partial charge in [0.05, 0.1) is 5.41 Å². The quantitative estimate of drug-likeness (QED) is 0.545. The highest BCUT2D eigenvalue weighted by atomic mass is 16.2. The lowest BCUT2D eigenvalue weighted by Crippen LogP contribution is -2.47. The van der Waals surface area contributed by atoms with Crippen LogP contribution >= 0.6 is 0 Å². The Morgan fingerprint density at radius 1 is 1.14 bits per heavy atom. The molecule has 5 nitrogen and oxygen atoms in total. The normalized spacial score (nSPS) is 12.8. The lowest BCUT2D eigenvalue weighted by atomic mass is 9.78. The second-order valence-corrected chi connectivity index (χ2v) is 5.87. The van der Waals surface area contributed by atoms with E-state index in [2.05, 4.69) is 24.5 Å². The van der Waals surface area contributed by atoms with E-state index in [9.17, 15) is 9.59 Å². The number of hydrogen-bond acceptors (Lipinski definition) is 3. The molecule has 5 heteroatoms. The maximum Gasteiger partial charge on any atom is 0.227 e. The molecule has 0 aromatic rings. The van der Waals surface area contributed by atoms with E-state index in [-0.39, 0.29) is 17.9 Å². The standard InChI is InChI=1S/C16H33N3O2/c1-5-9-16(12-17,10-6-2)15(21)18-11-8-14(20)19-13(4)7-3/h13H,5-12,17H2,1-4H3,(H,18,21)(H,19,20). The van der Waals surface area contributed by atoms with Crippen LogP contribution in [0.2, 0.25) is 0 Å². The number of nitrogens with two attached hydrogens (primary N) is 1. The number of hydrogen-bond donors (Lipinski definition) is 3. The number of nitrogens with one attached hydrogen (secondary N) is 2. The fourth-order valence-corrected chi connectivity index (χ4v) is 2.53. The summed E-state index contributed by atoms with van der Waals surface area (Å²) < 4.78 is 0. The van der Waals surface area contributed by atoms with E-state index in [1.54, 1.807) is 0 Å². The third-order valence-corrected chi connectivity index (χ3v) is 3.99. The number of carbonyl (C=O) groups is 2. The zero-order chi connectivity index (χ0) is 16.3. The summed E-state index contributed by atoms with van der Waals surface area (Å²) in [4.78, 5) is 24.1. The van der Waals surface area contributed by atoms with Crippen molar-refractivity contribution in [2.45, 2.75) is 72.3 Å². The summed E-state index contributed by atoms with van der Waals surface area (Å²) in [5.74, 6) is -0.0287. The molecule has 124 valence electrons. The Morgan fingerprint density at radius 2 is 1.71 bits per heavy atom. The Kier molecular flexibility index (Phi) is 10.0. The second kappa shape index (κ2) is 10.6. The van der Waals surface area contributed by atoms with Gasteiger partial charge in [-0.05, 0) is 26.2 Å². The monoisotopic (exact) mass is 299 g/mol. The van der Waals surface area contributed by atoms with Crippen molar-refractivity contribution in [3.05, 3.63) is 0 Å². The predicted octanol–water partition coefficient (Wildman–Crippen LogP) is 1.95. The van der Waals surface area contributed by atoms with Crippen LogP contribution in [-0.2, 0) is 9.59 Å². The molecule has 0 aliphatic heterocycles. The molecule has 1 atom stereocenters. The molecule has 0 aliphatic rings. The molecule has 0 radical (unpaired) electrons. The van der Waals surface area contributed by atoms with Crippen molar-refractivity contribution in [3.8, 4) is 0 Å². The van der Waals surface area contributed by atoms with Gasteiger partial charge < -0.3 is 16.4 Å². The summed E-state index contributed by atoms with van der Waals surface area (Å²) in [5.41, 5.74) is 5.38. The highest BCUT2D eigenvalue weighted by Crippen LogP contribution is 2.28. The van der Waals surface area contributed by atoms with Gasteiger partial charge in [-0.1, -0.05) is 33.6 Å². The lowest BCUT2D eigenvalue weighted by Gasteiger charge is -2.30. The van der Waals surface area contributed by atoms with Gasteiger partial charge in [-0.3, -0.25) is 9.59 Å². The summed E-state index contributed by atoms with van der Waals surface area (Å²) >= 11 is 0. The summed E-state index contributed by atoms with van der Waals surface area (Å²) in [5, 5.41) is 5.78. The lowest BCUT2D eigenvalue weighted by molar-refractivity contribution is -0.131. The Bertz CT molecular complexity index is 313. The Labute approximate surface area is 129 Å². The van der Waals surface area contributed by atoms with Crippen molar-refractivity contribution in [2.75, 3.05) is 13.1 Å². The van der Waals surface area contributed by atoms with E-state index < -0.39 is 5.41 Å². The topological polar surface area (TPSA) is 84.2 Å². The van der Waals surface area contributed by atoms with Crippen molar-refractivity contribution in [2.24, 2.45) is 11.1 Å². The SMILES string of the molecule is CCCC(CN)(CCC)C(=O)NCCC(=O)NC(C)CC. The maximum absolute atomic E-state index is 12.4. The molecule has 0 rings (SSSR count). The summed E-state index contributed by atoms with van der Waals surface area (Å²) in [6, 6.07) is 0.177.